The molecule has 102 valence electrons. The van der Waals surface area contributed by atoms with E-state index in [0.717, 1.165) is 6.42 Å². The minimum Gasteiger partial charge on any atom is -0.392 e. The third-order valence-corrected chi connectivity index (χ3v) is 4.22. The summed E-state index contributed by atoms with van der Waals surface area (Å²) in [6.07, 6.45) is 2.30. The highest BCUT2D eigenvalue weighted by atomic mass is 32.1. The summed E-state index contributed by atoms with van der Waals surface area (Å²) in [4.78, 5) is 12.5. The lowest BCUT2D eigenvalue weighted by Gasteiger charge is -2.39. The van der Waals surface area contributed by atoms with E-state index in [-0.39, 0.29) is 16.7 Å². The van der Waals surface area contributed by atoms with Gasteiger partial charge in [-0.05, 0) is 25.8 Å². The molecule has 0 heterocycles. The summed E-state index contributed by atoms with van der Waals surface area (Å²) in [5.74, 6) is -0.518. The Morgan fingerprint density at radius 1 is 1.47 bits per heavy atom. The van der Waals surface area contributed by atoms with E-state index in [4.69, 9.17) is 18.0 Å². The maximum atomic E-state index is 13.6. The van der Waals surface area contributed by atoms with Crippen molar-refractivity contribution in [1.82, 2.24) is 5.32 Å². The molecule has 0 saturated heterocycles. The third kappa shape index (κ3) is 2.47. The molecule has 1 aliphatic rings. The van der Waals surface area contributed by atoms with Crippen LogP contribution in [0.1, 0.15) is 37.8 Å². The molecule has 0 bridgehead atoms. The molecule has 19 heavy (non-hydrogen) atoms. The molecule has 1 aromatic carbocycles. The molecule has 0 aromatic heterocycles. The van der Waals surface area contributed by atoms with Crippen molar-refractivity contribution in [2.45, 2.75) is 32.2 Å². The van der Waals surface area contributed by atoms with Gasteiger partial charge in [0.25, 0.3) is 0 Å². The Labute approximate surface area is 117 Å². The fourth-order valence-corrected chi connectivity index (χ4v) is 2.65. The first kappa shape index (κ1) is 13.9. The number of hydrogen-bond donors (Lipinski definition) is 2. The fourth-order valence-electron chi connectivity index (χ4n) is 2.35. The summed E-state index contributed by atoms with van der Waals surface area (Å²) in [5.41, 5.74) is 5.41. The van der Waals surface area contributed by atoms with Gasteiger partial charge in [-0.1, -0.05) is 36.8 Å². The molecule has 3 nitrogen and oxygen atoms in total. The molecule has 1 fully saturated rings. The van der Waals surface area contributed by atoms with Gasteiger partial charge in [-0.2, -0.15) is 0 Å². The Balaban J connectivity index is 2.11. The summed E-state index contributed by atoms with van der Waals surface area (Å²) < 4.78 is 13.6. The number of thiocarbonyl (C=S) groups is 1. The van der Waals surface area contributed by atoms with Gasteiger partial charge in [0.15, 0.2) is 0 Å². The number of benzene rings is 1. The number of nitrogens with two attached hydrogens (primary N) is 1. The standard InChI is InChI=1S/C14H17FN2OS/c1-9(10-5-2-3-6-11(10)15)17-13(18)14(12(16)19)7-4-8-14/h2-3,5-6,9H,4,7-8H2,1H3,(H2,16,19)(H,17,18). The number of nitrogens with one attached hydrogen (secondary N) is 1. The first-order chi connectivity index (χ1) is 8.97. The molecule has 0 radical (unpaired) electrons. The third-order valence-electron chi connectivity index (χ3n) is 3.83. The number of carbonyl (C=O) groups excluding carboxylic acids is 1. The van der Waals surface area contributed by atoms with Gasteiger partial charge < -0.3 is 11.1 Å². The van der Waals surface area contributed by atoms with Gasteiger partial charge in [-0.15, -0.1) is 0 Å². The van der Waals surface area contributed by atoms with Crippen LogP contribution in [-0.4, -0.2) is 10.9 Å². The molecule has 1 unspecified atom stereocenters. The monoisotopic (exact) mass is 280 g/mol. The van der Waals surface area contributed by atoms with Gasteiger partial charge in [0.2, 0.25) is 5.91 Å². The lowest BCUT2D eigenvalue weighted by molar-refractivity contribution is -0.131. The second-order valence-electron chi connectivity index (χ2n) is 5.02. The van der Waals surface area contributed by atoms with E-state index in [9.17, 15) is 9.18 Å². The first-order valence-corrected chi connectivity index (χ1v) is 6.73. The zero-order valence-electron chi connectivity index (χ0n) is 10.8. The Bertz CT molecular complexity index is 514. The average molecular weight is 280 g/mol. The first-order valence-electron chi connectivity index (χ1n) is 6.33. The largest absolute Gasteiger partial charge is 0.392 e. The zero-order valence-corrected chi connectivity index (χ0v) is 11.6. The molecule has 1 amide bonds. The summed E-state index contributed by atoms with van der Waals surface area (Å²) >= 11 is 5.00. The normalized spacial score (nSPS) is 18.2. The molecule has 3 N–H and O–H groups in total. The summed E-state index contributed by atoms with van der Waals surface area (Å²) in [5, 5.41) is 2.81. The number of hydrogen-bond acceptors (Lipinski definition) is 2. The van der Waals surface area contributed by atoms with Gasteiger partial charge in [0.1, 0.15) is 5.82 Å². The molecular weight excluding hydrogens is 263 g/mol. The van der Waals surface area contributed by atoms with Crippen molar-refractivity contribution in [3.05, 3.63) is 35.6 Å². The summed E-state index contributed by atoms with van der Waals surface area (Å²) in [6.45, 7) is 1.75. The van der Waals surface area contributed by atoms with Crippen LogP contribution in [0.3, 0.4) is 0 Å². The van der Waals surface area contributed by atoms with Crippen LogP contribution in [0.15, 0.2) is 24.3 Å². The van der Waals surface area contributed by atoms with Crippen LogP contribution in [0.4, 0.5) is 4.39 Å². The van der Waals surface area contributed by atoms with Crippen molar-refractivity contribution >= 4 is 23.1 Å². The lowest BCUT2D eigenvalue weighted by atomic mass is 9.68. The fraction of sp³-hybridized carbons (Fsp3) is 0.429. The molecule has 0 spiro atoms. The van der Waals surface area contributed by atoms with Crippen LogP contribution < -0.4 is 11.1 Å². The van der Waals surface area contributed by atoms with Crippen LogP contribution in [0.2, 0.25) is 0 Å². The van der Waals surface area contributed by atoms with Crippen molar-refractivity contribution in [1.29, 1.82) is 0 Å². The van der Waals surface area contributed by atoms with E-state index in [1.165, 1.54) is 6.07 Å². The van der Waals surface area contributed by atoms with E-state index in [0.29, 0.717) is 18.4 Å². The molecule has 1 atom stereocenters. The number of carbonyl (C=O) groups is 1. The number of amides is 1. The molecule has 1 saturated carbocycles. The minimum absolute atomic E-state index is 0.193. The van der Waals surface area contributed by atoms with Crippen molar-refractivity contribution in [2.75, 3.05) is 0 Å². The highest BCUT2D eigenvalue weighted by Gasteiger charge is 2.47. The van der Waals surface area contributed by atoms with Crippen LogP contribution in [0.25, 0.3) is 0 Å². The lowest BCUT2D eigenvalue weighted by Crippen LogP contribution is -2.53. The maximum absolute atomic E-state index is 13.6. The topological polar surface area (TPSA) is 55.1 Å². The van der Waals surface area contributed by atoms with Gasteiger partial charge in [0, 0.05) is 5.56 Å². The highest BCUT2D eigenvalue weighted by molar-refractivity contribution is 7.80. The van der Waals surface area contributed by atoms with Crippen molar-refractivity contribution in [3.8, 4) is 0 Å². The van der Waals surface area contributed by atoms with Gasteiger partial charge in [-0.25, -0.2) is 4.39 Å². The molecule has 0 aliphatic heterocycles. The SMILES string of the molecule is CC(NC(=O)C1(C(N)=S)CCC1)c1ccccc1F. The molecule has 2 rings (SSSR count). The van der Waals surface area contributed by atoms with E-state index >= 15 is 0 Å². The molecule has 1 aliphatic carbocycles. The van der Waals surface area contributed by atoms with E-state index < -0.39 is 11.5 Å². The summed E-state index contributed by atoms with van der Waals surface area (Å²) in [6, 6.07) is 6.00. The van der Waals surface area contributed by atoms with E-state index in [1.807, 2.05) is 0 Å². The Morgan fingerprint density at radius 2 is 2.11 bits per heavy atom. The van der Waals surface area contributed by atoms with Gasteiger partial charge in [0.05, 0.1) is 16.4 Å². The number of halogens is 1. The molecule has 5 heteroatoms. The van der Waals surface area contributed by atoms with E-state index in [2.05, 4.69) is 5.32 Å². The van der Waals surface area contributed by atoms with Crippen LogP contribution in [0.5, 0.6) is 0 Å². The van der Waals surface area contributed by atoms with Crippen LogP contribution in [0, 0.1) is 11.2 Å². The summed E-state index contributed by atoms with van der Waals surface area (Å²) in [7, 11) is 0. The maximum Gasteiger partial charge on any atom is 0.233 e. The van der Waals surface area contributed by atoms with Crippen LogP contribution in [-0.2, 0) is 4.79 Å². The predicted molar refractivity (Wildman–Crippen MR) is 76.0 cm³/mol. The molecule has 1 aromatic rings. The quantitative estimate of drug-likeness (QED) is 0.833. The second-order valence-corrected chi connectivity index (χ2v) is 5.46. The van der Waals surface area contributed by atoms with Gasteiger partial charge in [-0.3, -0.25) is 4.79 Å². The second kappa shape index (κ2) is 5.25. The number of rotatable bonds is 4. The van der Waals surface area contributed by atoms with Crippen molar-refractivity contribution in [3.63, 3.8) is 0 Å². The van der Waals surface area contributed by atoms with E-state index in [1.54, 1.807) is 25.1 Å². The Morgan fingerprint density at radius 3 is 2.58 bits per heavy atom. The van der Waals surface area contributed by atoms with Crippen LogP contribution >= 0.6 is 12.2 Å². The average Bonchev–Trinajstić information content (AvgIpc) is 2.26. The Hall–Kier alpha value is -1.49. The van der Waals surface area contributed by atoms with Crippen molar-refractivity contribution < 1.29 is 9.18 Å². The highest BCUT2D eigenvalue weighted by Crippen LogP contribution is 2.41. The van der Waals surface area contributed by atoms with Crippen molar-refractivity contribution in [2.24, 2.45) is 11.1 Å². The predicted octanol–water partition coefficient (Wildman–Crippen LogP) is 2.46. The smallest absolute Gasteiger partial charge is 0.233 e. The Kier molecular flexibility index (Phi) is 3.85. The molecular formula is C14H17FN2OS. The zero-order chi connectivity index (χ0) is 14.0. The van der Waals surface area contributed by atoms with Gasteiger partial charge >= 0.3 is 0 Å². The minimum atomic E-state index is -0.727.